The van der Waals surface area contributed by atoms with E-state index in [0.717, 1.165) is 38.4 Å². The third kappa shape index (κ3) is 5.73. The van der Waals surface area contributed by atoms with E-state index in [2.05, 4.69) is 10.6 Å². The second-order valence-electron chi connectivity index (χ2n) is 10.2. The highest BCUT2D eigenvalue weighted by molar-refractivity contribution is 5.87. The van der Waals surface area contributed by atoms with Crippen molar-refractivity contribution >= 4 is 18.3 Å². The zero-order chi connectivity index (χ0) is 21.0. The number of aldehydes is 1. The molecule has 4 fully saturated rings. The maximum atomic E-state index is 12.8. The van der Waals surface area contributed by atoms with Crippen molar-refractivity contribution in [3.8, 4) is 0 Å². The summed E-state index contributed by atoms with van der Waals surface area (Å²) >= 11 is 0. The minimum atomic E-state index is -0.680. The van der Waals surface area contributed by atoms with Crippen molar-refractivity contribution in [1.29, 1.82) is 0 Å². The lowest BCUT2D eigenvalue weighted by atomic mass is 9.54. The molecule has 2 amide bonds. The molecule has 164 valence electrons. The summed E-state index contributed by atoms with van der Waals surface area (Å²) in [4.78, 5) is 36.8. The lowest BCUT2D eigenvalue weighted by Crippen LogP contribution is -2.56. The maximum Gasteiger partial charge on any atom is 0.408 e. The lowest BCUT2D eigenvalue weighted by Gasteiger charge is -2.55. The quantitative estimate of drug-likeness (QED) is 0.538. The summed E-state index contributed by atoms with van der Waals surface area (Å²) in [6.07, 6.45) is 10.0. The lowest BCUT2D eigenvalue weighted by molar-refractivity contribution is -0.131. The Hall–Kier alpha value is -1.59. The molecule has 6 nitrogen and oxygen atoms in total. The van der Waals surface area contributed by atoms with Crippen LogP contribution < -0.4 is 10.6 Å². The minimum absolute atomic E-state index is 0.232. The molecule has 6 heteroatoms. The van der Waals surface area contributed by atoms with Gasteiger partial charge < -0.3 is 20.2 Å². The van der Waals surface area contributed by atoms with Gasteiger partial charge in [-0.05, 0) is 75.0 Å². The standard InChI is InChI=1S/C23H38N2O4/c1-4-5-6-19(14-26)24-21(27)20(7-15(2)3)25-22(28)29-23-11-16-8-17(12-23)10-18(9-16)13-23/h14-20H,4-13H2,1-3H3,(H,24,27)(H,25,28)/t16?,17?,18?,19-,20-,23?/m0/s1. The van der Waals surface area contributed by atoms with Crippen molar-refractivity contribution in [2.24, 2.45) is 23.7 Å². The van der Waals surface area contributed by atoms with Crippen molar-refractivity contribution in [1.82, 2.24) is 10.6 Å². The molecule has 4 rings (SSSR count). The second-order valence-corrected chi connectivity index (χ2v) is 10.2. The van der Waals surface area contributed by atoms with Gasteiger partial charge in [0, 0.05) is 0 Å². The number of carbonyl (C=O) groups is 3. The third-order valence-electron chi connectivity index (χ3n) is 6.97. The molecule has 4 aliphatic carbocycles. The molecule has 0 radical (unpaired) electrons. The fourth-order valence-corrected chi connectivity index (χ4v) is 6.11. The van der Waals surface area contributed by atoms with Crippen molar-refractivity contribution in [3.63, 3.8) is 0 Å². The number of amides is 2. The van der Waals surface area contributed by atoms with Crippen LogP contribution in [0.4, 0.5) is 4.79 Å². The molecule has 0 heterocycles. The van der Waals surface area contributed by atoms with Gasteiger partial charge in [0.25, 0.3) is 0 Å². The van der Waals surface area contributed by atoms with E-state index in [1.54, 1.807) is 0 Å². The van der Waals surface area contributed by atoms with Crippen LogP contribution in [-0.2, 0) is 14.3 Å². The van der Waals surface area contributed by atoms with Gasteiger partial charge in [-0.15, -0.1) is 0 Å². The average molecular weight is 407 g/mol. The average Bonchev–Trinajstić information content (AvgIpc) is 2.62. The van der Waals surface area contributed by atoms with Gasteiger partial charge in [-0.2, -0.15) is 0 Å². The summed E-state index contributed by atoms with van der Waals surface area (Å²) in [5.74, 6) is 2.01. The van der Waals surface area contributed by atoms with E-state index >= 15 is 0 Å². The molecule has 0 aromatic rings. The summed E-state index contributed by atoms with van der Waals surface area (Å²) < 4.78 is 6.01. The van der Waals surface area contributed by atoms with Gasteiger partial charge in [0.1, 0.15) is 17.9 Å². The number of hydrogen-bond donors (Lipinski definition) is 2. The first-order valence-corrected chi connectivity index (χ1v) is 11.6. The highest BCUT2D eigenvalue weighted by Gasteiger charge is 2.53. The SMILES string of the molecule is CCCC[C@@H](C=O)NC(=O)[C@H](CC(C)C)NC(=O)OC12CC3CC(CC(C3)C1)C2. The van der Waals surface area contributed by atoms with E-state index in [1.165, 1.54) is 19.3 Å². The van der Waals surface area contributed by atoms with E-state index in [4.69, 9.17) is 4.74 Å². The van der Waals surface area contributed by atoms with Crippen molar-refractivity contribution in [3.05, 3.63) is 0 Å². The molecule has 4 saturated carbocycles. The van der Waals surface area contributed by atoms with Crippen molar-refractivity contribution in [2.45, 2.75) is 103 Å². The number of carbonyl (C=O) groups excluding carboxylic acids is 3. The van der Waals surface area contributed by atoms with Gasteiger partial charge >= 0.3 is 6.09 Å². The molecule has 2 atom stereocenters. The Bertz CT molecular complexity index is 568. The van der Waals surface area contributed by atoms with Crippen LogP contribution in [0.1, 0.15) is 85.0 Å². The summed E-state index contributed by atoms with van der Waals surface area (Å²) in [7, 11) is 0. The van der Waals surface area contributed by atoms with Crippen LogP contribution >= 0.6 is 0 Å². The predicted octanol–water partition coefficient (Wildman–Crippen LogP) is 3.97. The minimum Gasteiger partial charge on any atom is -0.443 e. The van der Waals surface area contributed by atoms with Gasteiger partial charge in [0.2, 0.25) is 5.91 Å². The molecule has 4 aliphatic rings. The van der Waals surface area contributed by atoms with Gasteiger partial charge in [-0.25, -0.2) is 4.79 Å². The molecule has 29 heavy (non-hydrogen) atoms. The molecule has 0 unspecified atom stereocenters. The smallest absolute Gasteiger partial charge is 0.408 e. The monoisotopic (exact) mass is 406 g/mol. The Morgan fingerprint density at radius 1 is 1.07 bits per heavy atom. The molecule has 0 aromatic carbocycles. The molecule has 0 spiro atoms. The fraction of sp³-hybridized carbons (Fsp3) is 0.870. The topological polar surface area (TPSA) is 84.5 Å². The van der Waals surface area contributed by atoms with Crippen molar-refractivity contribution in [2.75, 3.05) is 0 Å². The van der Waals surface area contributed by atoms with Crippen LogP contribution in [0.25, 0.3) is 0 Å². The first kappa shape index (κ1) is 22.1. The first-order valence-electron chi connectivity index (χ1n) is 11.6. The Kier molecular flexibility index (Phi) is 7.23. The van der Waals surface area contributed by atoms with E-state index < -0.39 is 18.2 Å². The maximum absolute atomic E-state index is 12.8. The summed E-state index contributed by atoms with van der Waals surface area (Å²) in [6.45, 7) is 6.08. The number of rotatable bonds is 10. The predicted molar refractivity (Wildman–Crippen MR) is 111 cm³/mol. The number of alkyl carbamates (subject to hydrolysis) is 1. The Balaban J connectivity index is 1.58. The van der Waals surface area contributed by atoms with Crippen LogP contribution in [0.2, 0.25) is 0 Å². The van der Waals surface area contributed by atoms with E-state index in [1.807, 2.05) is 20.8 Å². The van der Waals surface area contributed by atoms with E-state index in [9.17, 15) is 14.4 Å². The second kappa shape index (κ2) is 9.48. The molecule has 0 saturated heterocycles. The summed E-state index contributed by atoms with van der Waals surface area (Å²) in [5.41, 5.74) is -0.329. The number of ether oxygens (including phenoxy) is 1. The zero-order valence-corrected chi connectivity index (χ0v) is 18.2. The zero-order valence-electron chi connectivity index (χ0n) is 18.2. The highest BCUT2D eigenvalue weighted by atomic mass is 16.6. The Morgan fingerprint density at radius 3 is 2.14 bits per heavy atom. The summed E-state index contributed by atoms with van der Waals surface area (Å²) in [5, 5.41) is 5.61. The van der Waals surface area contributed by atoms with E-state index in [-0.39, 0.29) is 17.4 Å². The van der Waals surface area contributed by atoms with Gasteiger partial charge in [-0.3, -0.25) is 4.79 Å². The molecular formula is C23H38N2O4. The van der Waals surface area contributed by atoms with Gasteiger partial charge in [-0.1, -0.05) is 33.6 Å². The number of unbranched alkanes of at least 4 members (excludes halogenated alkanes) is 1. The van der Waals surface area contributed by atoms with Crippen LogP contribution in [-0.4, -0.2) is 36.0 Å². The Morgan fingerprint density at radius 2 is 1.66 bits per heavy atom. The summed E-state index contributed by atoms with van der Waals surface area (Å²) in [6, 6.07) is -1.18. The number of hydrogen-bond acceptors (Lipinski definition) is 4. The molecule has 0 aliphatic heterocycles. The van der Waals surface area contributed by atoms with Crippen molar-refractivity contribution < 1.29 is 19.1 Å². The largest absolute Gasteiger partial charge is 0.443 e. The van der Waals surface area contributed by atoms with Gasteiger partial charge in [0.15, 0.2) is 0 Å². The molecular weight excluding hydrogens is 368 g/mol. The first-order chi connectivity index (χ1) is 13.8. The Labute approximate surface area is 174 Å². The van der Waals surface area contributed by atoms with Crippen LogP contribution in [0.5, 0.6) is 0 Å². The van der Waals surface area contributed by atoms with Crippen LogP contribution in [0.15, 0.2) is 0 Å². The fourth-order valence-electron chi connectivity index (χ4n) is 6.11. The normalized spacial score (nSPS) is 31.9. The third-order valence-corrected chi connectivity index (χ3v) is 6.97. The van der Waals surface area contributed by atoms with Crippen LogP contribution in [0.3, 0.4) is 0 Å². The highest BCUT2D eigenvalue weighted by Crippen LogP contribution is 2.57. The van der Waals surface area contributed by atoms with Crippen LogP contribution in [0, 0.1) is 23.7 Å². The molecule has 4 bridgehead atoms. The number of nitrogens with one attached hydrogen (secondary N) is 2. The molecule has 0 aromatic heterocycles. The van der Waals surface area contributed by atoms with Gasteiger partial charge in [0.05, 0.1) is 6.04 Å². The molecule has 2 N–H and O–H groups in total. The van der Waals surface area contributed by atoms with E-state index in [0.29, 0.717) is 30.6 Å².